The lowest BCUT2D eigenvalue weighted by molar-refractivity contribution is 0.102. The normalized spacial score (nSPS) is 10.6. The average Bonchev–Trinajstić information content (AvgIpc) is 2.45. The Morgan fingerprint density at radius 3 is 2.64 bits per heavy atom. The van der Waals surface area contributed by atoms with Gasteiger partial charge in [0, 0.05) is 23.5 Å². The number of ketones is 1. The molecule has 0 amide bonds. The molecule has 0 bridgehead atoms. The highest BCUT2D eigenvalue weighted by molar-refractivity contribution is 6.30. The van der Waals surface area contributed by atoms with E-state index in [1.165, 1.54) is 0 Å². The van der Waals surface area contributed by atoms with Crippen molar-refractivity contribution in [3.63, 3.8) is 0 Å². The zero-order chi connectivity index (χ0) is 10.7. The van der Waals surface area contributed by atoms with Crippen LogP contribution < -0.4 is 0 Å². The third-order valence-electron chi connectivity index (χ3n) is 2.44. The minimum absolute atomic E-state index is 0.0159. The van der Waals surface area contributed by atoms with Gasteiger partial charge in [-0.1, -0.05) is 6.92 Å². The molecule has 0 fully saturated rings. The predicted octanol–water partition coefficient (Wildman–Crippen LogP) is 2.94. The Bertz CT molecular complexity index is 341. The van der Waals surface area contributed by atoms with Crippen LogP contribution in [0.1, 0.15) is 35.1 Å². The number of nitrogens with zero attached hydrogens (tertiary/aromatic N) is 1. The molecule has 1 rings (SSSR count). The standard InChI is InChI=1S/C11H16ClNO/c1-4-5-13-8(2)6-10(9(13)3)11(14)7-12/h6H,4-5,7H2,1-3H3. The van der Waals surface area contributed by atoms with Crippen molar-refractivity contribution in [2.45, 2.75) is 33.7 Å². The Hall–Kier alpha value is -0.760. The Morgan fingerprint density at radius 1 is 1.50 bits per heavy atom. The van der Waals surface area contributed by atoms with Gasteiger partial charge in [0.25, 0.3) is 0 Å². The van der Waals surface area contributed by atoms with E-state index in [4.69, 9.17) is 11.6 Å². The van der Waals surface area contributed by atoms with E-state index >= 15 is 0 Å². The molecule has 3 heteroatoms. The maximum Gasteiger partial charge on any atom is 0.179 e. The van der Waals surface area contributed by atoms with Crippen LogP contribution in [0.3, 0.4) is 0 Å². The highest BCUT2D eigenvalue weighted by Gasteiger charge is 2.13. The lowest BCUT2D eigenvalue weighted by Gasteiger charge is -2.07. The van der Waals surface area contributed by atoms with E-state index < -0.39 is 0 Å². The van der Waals surface area contributed by atoms with E-state index in [0.29, 0.717) is 0 Å². The minimum Gasteiger partial charge on any atom is -0.348 e. The first-order chi connectivity index (χ1) is 6.61. The van der Waals surface area contributed by atoms with E-state index in [0.717, 1.165) is 29.9 Å². The van der Waals surface area contributed by atoms with Gasteiger partial charge in [-0.3, -0.25) is 4.79 Å². The summed E-state index contributed by atoms with van der Waals surface area (Å²) in [4.78, 5) is 11.5. The van der Waals surface area contributed by atoms with Gasteiger partial charge in [0.1, 0.15) is 0 Å². The topological polar surface area (TPSA) is 22.0 Å². The second-order valence-electron chi connectivity index (χ2n) is 3.49. The van der Waals surface area contributed by atoms with Crippen LogP contribution in [0.4, 0.5) is 0 Å². The molecule has 0 spiro atoms. The van der Waals surface area contributed by atoms with Crippen LogP contribution in [0.15, 0.2) is 6.07 Å². The third kappa shape index (κ3) is 2.01. The summed E-state index contributed by atoms with van der Waals surface area (Å²) in [6.07, 6.45) is 1.07. The molecule has 0 saturated carbocycles. The number of carbonyl (C=O) groups excluding carboxylic acids is 1. The van der Waals surface area contributed by atoms with Gasteiger partial charge in [-0.05, 0) is 26.3 Å². The molecule has 2 nitrogen and oxygen atoms in total. The van der Waals surface area contributed by atoms with E-state index in [-0.39, 0.29) is 11.7 Å². The van der Waals surface area contributed by atoms with Crippen LogP contribution in [0.5, 0.6) is 0 Å². The Balaban J connectivity index is 3.10. The lowest BCUT2D eigenvalue weighted by Crippen LogP contribution is -2.05. The molecular formula is C11H16ClNO. The first-order valence-electron chi connectivity index (χ1n) is 4.87. The van der Waals surface area contributed by atoms with Crippen molar-refractivity contribution in [2.24, 2.45) is 0 Å². The number of Topliss-reactive ketones (excluding diaryl/α,β-unsaturated/α-hetero) is 1. The summed E-state index contributed by atoms with van der Waals surface area (Å²) in [5.41, 5.74) is 2.94. The van der Waals surface area contributed by atoms with Crippen LogP contribution >= 0.6 is 11.6 Å². The highest BCUT2D eigenvalue weighted by Crippen LogP contribution is 2.16. The van der Waals surface area contributed by atoms with Crippen molar-refractivity contribution in [1.29, 1.82) is 0 Å². The maximum absolute atomic E-state index is 11.5. The van der Waals surface area contributed by atoms with Gasteiger partial charge in [0.15, 0.2) is 5.78 Å². The van der Waals surface area contributed by atoms with Gasteiger partial charge < -0.3 is 4.57 Å². The van der Waals surface area contributed by atoms with Crippen LogP contribution in [0.25, 0.3) is 0 Å². The van der Waals surface area contributed by atoms with E-state index in [9.17, 15) is 4.79 Å². The van der Waals surface area contributed by atoms with Crippen LogP contribution in [0, 0.1) is 13.8 Å². The second kappa shape index (κ2) is 4.65. The summed E-state index contributed by atoms with van der Waals surface area (Å²) in [7, 11) is 0. The van der Waals surface area contributed by atoms with Crippen molar-refractivity contribution >= 4 is 17.4 Å². The number of aryl methyl sites for hydroxylation is 1. The fourth-order valence-electron chi connectivity index (χ4n) is 1.72. The molecule has 0 aliphatic rings. The average molecular weight is 214 g/mol. The molecular weight excluding hydrogens is 198 g/mol. The van der Waals surface area contributed by atoms with Gasteiger partial charge in [-0.25, -0.2) is 0 Å². The molecule has 1 heterocycles. The van der Waals surface area contributed by atoms with Gasteiger partial charge >= 0.3 is 0 Å². The monoisotopic (exact) mass is 213 g/mol. The summed E-state index contributed by atoms with van der Waals surface area (Å²) in [5.74, 6) is 0.0817. The quantitative estimate of drug-likeness (QED) is 0.557. The first-order valence-corrected chi connectivity index (χ1v) is 5.41. The molecule has 0 atom stereocenters. The predicted molar refractivity (Wildman–Crippen MR) is 59.2 cm³/mol. The van der Waals surface area contributed by atoms with Crippen molar-refractivity contribution in [2.75, 3.05) is 5.88 Å². The molecule has 0 saturated heterocycles. The zero-order valence-electron chi connectivity index (χ0n) is 8.93. The maximum atomic E-state index is 11.5. The molecule has 1 aromatic heterocycles. The second-order valence-corrected chi connectivity index (χ2v) is 3.76. The molecule has 0 aliphatic carbocycles. The summed E-state index contributed by atoms with van der Waals surface area (Å²) in [6.45, 7) is 7.09. The third-order valence-corrected chi connectivity index (χ3v) is 2.69. The van der Waals surface area contributed by atoms with Crippen LogP contribution in [-0.4, -0.2) is 16.2 Å². The molecule has 0 aliphatic heterocycles. The van der Waals surface area contributed by atoms with Crippen molar-refractivity contribution < 1.29 is 4.79 Å². The molecule has 14 heavy (non-hydrogen) atoms. The largest absolute Gasteiger partial charge is 0.348 e. The highest BCUT2D eigenvalue weighted by atomic mass is 35.5. The summed E-state index contributed by atoms with van der Waals surface area (Å²) >= 11 is 5.54. The molecule has 78 valence electrons. The SMILES string of the molecule is CCCn1c(C)cc(C(=O)CCl)c1C. The molecule has 1 aromatic rings. The molecule has 0 aromatic carbocycles. The summed E-state index contributed by atoms with van der Waals surface area (Å²) < 4.78 is 2.17. The van der Waals surface area contributed by atoms with Crippen LogP contribution in [-0.2, 0) is 6.54 Å². The molecule has 0 radical (unpaired) electrons. The van der Waals surface area contributed by atoms with E-state index in [1.807, 2.05) is 19.9 Å². The number of hydrogen-bond donors (Lipinski definition) is 0. The number of hydrogen-bond acceptors (Lipinski definition) is 1. The number of halogens is 1. The fraction of sp³-hybridized carbons (Fsp3) is 0.545. The van der Waals surface area contributed by atoms with Gasteiger partial charge in [-0.15, -0.1) is 11.6 Å². The molecule has 0 unspecified atom stereocenters. The van der Waals surface area contributed by atoms with Crippen LogP contribution in [0.2, 0.25) is 0 Å². The van der Waals surface area contributed by atoms with E-state index in [2.05, 4.69) is 11.5 Å². The number of carbonyl (C=O) groups is 1. The molecule has 0 N–H and O–H groups in total. The van der Waals surface area contributed by atoms with Crippen molar-refractivity contribution in [1.82, 2.24) is 4.57 Å². The van der Waals surface area contributed by atoms with Gasteiger partial charge in [-0.2, -0.15) is 0 Å². The summed E-state index contributed by atoms with van der Waals surface area (Å²) in [6, 6.07) is 1.93. The Kier molecular flexibility index (Phi) is 3.76. The van der Waals surface area contributed by atoms with E-state index in [1.54, 1.807) is 0 Å². The fourth-order valence-corrected chi connectivity index (χ4v) is 1.87. The van der Waals surface area contributed by atoms with Gasteiger partial charge in [0.05, 0.1) is 5.88 Å². The summed E-state index contributed by atoms with van der Waals surface area (Å²) in [5, 5.41) is 0. The minimum atomic E-state index is 0.0159. The van der Waals surface area contributed by atoms with Gasteiger partial charge in [0.2, 0.25) is 0 Å². The Labute approximate surface area is 89.9 Å². The van der Waals surface area contributed by atoms with Crippen molar-refractivity contribution in [3.8, 4) is 0 Å². The smallest absolute Gasteiger partial charge is 0.179 e. The zero-order valence-corrected chi connectivity index (χ0v) is 9.69. The number of rotatable bonds is 4. The number of alkyl halides is 1. The van der Waals surface area contributed by atoms with Crippen molar-refractivity contribution in [3.05, 3.63) is 23.0 Å². The number of aromatic nitrogens is 1. The Morgan fingerprint density at radius 2 is 2.14 bits per heavy atom. The first kappa shape index (κ1) is 11.3. The lowest BCUT2D eigenvalue weighted by atomic mass is 10.2.